The molecule has 1 rings (SSSR count). The summed E-state index contributed by atoms with van der Waals surface area (Å²) in [6.45, 7) is 0. The summed E-state index contributed by atoms with van der Waals surface area (Å²) in [5.41, 5.74) is -2.92. The van der Waals surface area contributed by atoms with Gasteiger partial charge >= 0.3 is 11.7 Å². The number of aromatic nitrogens is 1. The predicted molar refractivity (Wildman–Crippen MR) is 52.2 cm³/mol. The van der Waals surface area contributed by atoms with Crippen LogP contribution in [0.25, 0.3) is 0 Å². The Kier molecular flexibility index (Phi) is 3.89. The van der Waals surface area contributed by atoms with E-state index in [0.29, 0.717) is 6.07 Å². The Hall–Kier alpha value is -1.83. The van der Waals surface area contributed by atoms with Crippen LogP contribution in [0.15, 0.2) is 6.07 Å². The molecule has 1 heterocycles. The van der Waals surface area contributed by atoms with Crippen molar-refractivity contribution in [1.29, 1.82) is 0 Å². The van der Waals surface area contributed by atoms with Gasteiger partial charge in [0, 0.05) is 0 Å². The normalized spacial score (nSPS) is 10.4. The van der Waals surface area contributed by atoms with Crippen molar-refractivity contribution < 1.29 is 23.2 Å². The Morgan fingerprint density at radius 3 is 2.65 bits per heavy atom. The lowest BCUT2D eigenvalue weighted by Crippen LogP contribution is -2.11. The van der Waals surface area contributed by atoms with E-state index < -0.39 is 39.4 Å². The van der Waals surface area contributed by atoms with Crippen molar-refractivity contribution in [3.05, 3.63) is 32.6 Å². The number of hydrogen-bond acceptors (Lipinski definition) is 5. The van der Waals surface area contributed by atoms with Crippen LogP contribution < -0.4 is 0 Å². The molecule has 0 fully saturated rings. The molecule has 0 spiro atoms. The van der Waals surface area contributed by atoms with E-state index in [0.717, 1.165) is 7.11 Å². The van der Waals surface area contributed by atoms with Gasteiger partial charge in [0.25, 0.3) is 6.43 Å². The second kappa shape index (κ2) is 5.00. The minimum Gasteiger partial charge on any atom is -0.464 e. The number of esters is 1. The third kappa shape index (κ3) is 2.64. The molecule has 6 nitrogen and oxygen atoms in total. The number of halogens is 3. The molecular formula is C8H5ClF2N2O4. The summed E-state index contributed by atoms with van der Waals surface area (Å²) in [6, 6.07) is 0.636. The zero-order valence-corrected chi connectivity index (χ0v) is 9.07. The van der Waals surface area contributed by atoms with E-state index in [4.69, 9.17) is 11.6 Å². The third-order valence-electron chi connectivity index (χ3n) is 1.79. The molecule has 0 N–H and O–H groups in total. The molecule has 0 bridgehead atoms. The van der Waals surface area contributed by atoms with E-state index in [2.05, 4.69) is 9.72 Å². The molecule has 1 aromatic rings. The van der Waals surface area contributed by atoms with E-state index in [1.165, 1.54) is 0 Å². The van der Waals surface area contributed by atoms with Crippen LogP contribution in [-0.2, 0) is 4.74 Å². The van der Waals surface area contributed by atoms with Crippen LogP contribution in [0.1, 0.15) is 22.5 Å². The molecule has 17 heavy (non-hydrogen) atoms. The Morgan fingerprint density at radius 1 is 1.65 bits per heavy atom. The van der Waals surface area contributed by atoms with Gasteiger partial charge in [0.2, 0.25) is 5.69 Å². The Labute approximate surface area is 98.3 Å². The minimum absolute atomic E-state index is 0.452. The molecule has 0 saturated heterocycles. The van der Waals surface area contributed by atoms with Crippen LogP contribution in [0.2, 0.25) is 5.15 Å². The van der Waals surface area contributed by atoms with Gasteiger partial charge in [0.05, 0.1) is 12.0 Å². The lowest BCUT2D eigenvalue weighted by atomic mass is 10.2. The maximum absolute atomic E-state index is 12.6. The first-order chi connectivity index (χ1) is 7.88. The monoisotopic (exact) mass is 266 g/mol. The van der Waals surface area contributed by atoms with Crippen LogP contribution in [0, 0.1) is 10.1 Å². The standard InChI is InChI=1S/C8H5ClF2N2O4/c1-17-8(14)5-6(13(15)16)3(7(10)11)2-4(9)12-5/h2,7H,1H3. The smallest absolute Gasteiger partial charge is 0.363 e. The second-order valence-electron chi connectivity index (χ2n) is 2.78. The number of rotatable bonds is 3. The van der Waals surface area contributed by atoms with Crippen molar-refractivity contribution in [2.45, 2.75) is 6.43 Å². The maximum Gasteiger partial charge on any atom is 0.363 e. The van der Waals surface area contributed by atoms with E-state index >= 15 is 0 Å². The summed E-state index contributed by atoms with van der Waals surface area (Å²) in [5.74, 6) is -1.21. The van der Waals surface area contributed by atoms with Crippen molar-refractivity contribution in [2.24, 2.45) is 0 Å². The average Bonchev–Trinajstić information content (AvgIpc) is 2.26. The number of carbonyl (C=O) groups is 1. The van der Waals surface area contributed by atoms with Crippen molar-refractivity contribution in [3.8, 4) is 0 Å². The van der Waals surface area contributed by atoms with Crippen molar-refractivity contribution in [2.75, 3.05) is 7.11 Å². The van der Waals surface area contributed by atoms with Gasteiger partial charge < -0.3 is 4.74 Å². The van der Waals surface area contributed by atoms with Crippen LogP contribution >= 0.6 is 11.6 Å². The Bertz CT molecular complexity index is 481. The summed E-state index contributed by atoms with van der Waals surface area (Å²) in [6.07, 6.45) is -3.15. The van der Waals surface area contributed by atoms with E-state index in [-0.39, 0.29) is 0 Å². The molecule has 0 unspecified atom stereocenters. The van der Waals surface area contributed by atoms with E-state index in [1.54, 1.807) is 0 Å². The summed E-state index contributed by atoms with van der Waals surface area (Å²) in [4.78, 5) is 24.0. The molecule has 0 amide bonds. The first-order valence-corrected chi connectivity index (χ1v) is 4.47. The highest BCUT2D eigenvalue weighted by Crippen LogP contribution is 2.33. The van der Waals surface area contributed by atoms with Gasteiger partial charge in [-0.15, -0.1) is 0 Å². The van der Waals surface area contributed by atoms with E-state index in [1.807, 2.05) is 0 Å². The average molecular weight is 267 g/mol. The molecule has 92 valence electrons. The number of hydrogen-bond donors (Lipinski definition) is 0. The van der Waals surface area contributed by atoms with Gasteiger partial charge in [-0.3, -0.25) is 10.1 Å². The summed E-state index contributed by atoms with van der Waals surface area (Å²) >= 11 is 5.40. The van der Waals surface area contributed by atoms with Gasteiger partial charge in [0.15, 0.2) is 0 Å². The fraction of sp³-hybridized carbons (Fsp3) is 0.250. The van der Waals surface area contributed by atoms with Gasteiger partial charge in [-0.1, -0.05) is 11.6 Å². The molecule has 0 aromatic carbocycles. The largest absolute Gasteiger partial charge is 0.464 e. The highest BCUT2D eigenvalue weighted by molar-refractivity contribution is 6.29. The number of carbonyl (C=O) groups excluding carboxylic acids is 1. The number of pyridine rings is 1. The Balaban J connectivity index is 3.57. The predicted octanol–water partition coefficient (Wildman–Crippen LogP) is 2.37. The Morgan fingerprint density at radius 2 is 2.24 bits per heavy atom. The molecule has 9 heteroatoms. The highest BCUT2D eigenvalue weighted by Gasteiger charge is 2.32. The number of ether oxygens (including phenoxy) is 1. The molecule has 0 radical (unpaired) electrons. The van der Waals surface area contributed by atoms with Gasteiger partial charge in [-0.25, -0.2) is 18.6 Å². The lowest BCUT2D eigenvalue weighted by Gasteiger charge is -2.06. The van der Waals surface area contributed by atoms with Crippen LogP contribution in [0.4, 0.5) is 14.5 Å². The second-order valence-corrected chi connectivity index (χ2v) is 3.17. The highest BCUT2D eigenvalue weighted by atomic mass is 35.5. The number of nitrogens with zero attached hydrogens (tertiary/aromatic N) is 2. The molecule has 0 atom stereocenters. The summed E-state index contributed by atoms with van der Waals surface area (Å²) in [7, 11) is 0.941. The quantitative estimate of drug-likeness (QED) is 0.363. The van der Waals surface area contributed by atoms with Gasteiger partial charge in [0.1, 0.15) is 10.7 Å². The van der Waals surface area contributed by atoms with Crippen LogP contribution in [-0.4, -0.2) is 23.0 Å². The first-order valence-electron chi connectivity index (χ1n) is 4.09. The summed E-state index contributed by atoms with van der Waals surface area (Å²) in [5, 5.41) is 10.2. The first kappa shape index (κ1) is 13.2. The SMILES string of the molecule is COC(=O)c1nc(Cl)cc(C(F)F)c1[N+](=O)[O-]. The maximum atomic E-state index is 12.6. The number of nitro groups is 1. The van der Waals surface area contributed by atoms with Crippen molar-refractivity contribution in [1.82, 2.24) is 4.98 Å². The van der Waals surface area contributed by atoms with Gasteiger partial charge in [-0.2, -0.15) is 0 Å². The fourth-order valence-corrected chi connectivity index (χ4v) is 1.32. The zero-order chi connectivity index (χ0) is 13.2. The molecule has 0 aliphatic heterocycles. The van der Waals surface area contributed by atoms with Crippen LogP contribution in [0.5, 0.6) is 0 Å². The number of methoxy groups -OCH3 is 1. The fourth-order valence-electron chi connectivity index (χ4n) is 1.12. The lowest BCUT2D eigenvalue weighted by molar-refractivity contribution is -0.386. The molecular weight excluding hydrogens is 262 g/mol. The molecule has 0 aliphatic rings. The van der Waals surface area contributed by atoms with Gasteiger partial charge in [-0.05, 0) is 6.07 Å². The van der Waals surface area contributed by atoms with Crippen molar-refractivity contribution >= 4 is 23.3 Å². The van der Waals surface area contributed by atoms with Crippen molar-refractivity contribution in [3.63, 3.8) is 0 Å². The summed E-state index contributed by atoms with van der Waals surface area (Å²) < 4.78 is 29.4. The molecule has 0 saturated carbocycles. The topological polar surface area (TPSA) is 82.3 Å². The molecule has 1 aromatic heterocycles. The number of alkyl halides is 2. The van der Waals surface area contributed by atoms with E-state index in [9.17, 15) is 23.7 Å². The molecule has 0 aliphatic carbocycles. The zero-order valence-electron chi connectivity index (χ0n) is 8.32. The minimum atomic E-state index is -3.15. The third-order valence-corrected chi connectivity index (χ3v) is 1.98. The van der Waals surface area contributed by atoms with Crippen LogP contribution in [0.3, 0.4) is 0 Å².